The zero-order chi connectivity index (χ0) is 15.1. The van der Waals surface area contributed by atoms with Gasteiger partial charge in [0.2, 0.25) is 0 Å². The van der Waals surface area contributed by atoms with Crippen molar-refractivity contribution in [3.05, 3.63) is 47.5 Å². The highest BCUT2D eigenvalue weighted by molar-refractivity contribution is 9.09. The minimum absolute atomic E-state index is 0.290. The van der Waals surface area contributed by atoms with E-state index in [1.807, 2.05) is 0 Å². The van der Waals surface area contributed by atoms with Gasteiger partial charge in [-0.25, -0.2) is 0 Å². The van der Waals surface area contributed by atoms with E-state index in [2.05, 4.69) is 80.0 Å². The van der Waals surface area contributed by atoms with Gasteiger partial charge in [-0.15, -0.1) is 0 Å². The molecule has 5 atom stereocenters. The monoisotopic (exact) mass is 346 g/mol. The van der Waals surface area contributed by atoms with Crippen LogP contribution in [-0.2, 0) is 4.74 Å². The molecule has 1 fully saturated rings. The molecule has 1 aliphatic rings. The van der Waals surface area contributed by atoms with Crippen molar-refractivity contribution in [1.29, 1.82) is 0 Å². The van der Waals surface area contributed by atoms with Crippen LogP contribution in [0.1, 0.15) is 36.7 Å². The summed E-state index contributed by atoms with van der Waals surface area (Å²) in [6, 6.07) is 13.1. The van der Waals surface area contributed by atoms with Crippen molar-refractivity contribution in [1.82, 2.24) is 0 Å². The Morgan fingerprint density at radius 2 is 1.71 bits per heavy atom. The molecule has 0 spiro atoms. The van der Waals surface area contributed by atoms with Crippen molar-refractivity contribution in [2.24, 2.45) is 11.8 Å². The molecule has 1 nitrogen and oxygen atoms in total. The lowest BCUT2D eigenvalue weighted by atomic mass is 9.82. The minimum Gasteiger partial charge on any atom is -0.375 e. The predicted molar refractivity (Wildman–Crippen MR) is 93.0 cm³/mol. The number of alkyl halides is 1. The van der Waals surface area contributed by atoms with E-state index in [-0.39, 0.29) is 6.10 Å². The fraction of sp³-hybridized carbons (Fsp3) is 0.474. The Labute approximate surface area is 135 Å². The van der Waals surface area contributed by atoms with E-state index in [4.69, 9.17) is 4.74 Å². The van der Waals surface area contributed by atoms with Crippen LogP contribution in [0.3, 0.4) is 0 Å². The number of benzene rings is 2. The van der Waals surface area contributed by atoms with Gasteiger partial charge in [-0.2, -0.15) is 0 Å². The van der Waals surface area contributed by atoms with Crippen molar-refractivity contribution in [2.45, 2.75) is 44.7 Å². The van der Waals surface area contributed by atoms with E-state index < -0.39 is 0 Å². The highest BCUT2D eigenvalue weighted by Gasteiger charge is 2.41. The van der Waals surface area contributed by atoms with Crippen LogP contribution < -0.4 is 0 Å². The zero-order valence-corrected chi connectivity index (χ0v) is 14.7. The Balaban J connectivity index is 2.09. The molecule has 2 heteroatoms. The summed E-state index contributed by atoms with van der Waals surface area (Å²) in [5.74, 6) is 1.06. The smallest absolute Gasteiger partial charge is 0.0596 e. The van der Waals surface area contributed by atoms with Crippen LogP contribution in [0.5, 0.6) is 0 Å². The molecule has 0 radical (unpaired) electrons. The second-order valence-electron chi connectivity index (χ2n) is 6.40. The molecular weight excluding hydrogens is 324 g/mol. The van der Waals surface area contributed by atoms with Gasteiger partial charge in [-0.3, -0.25) is 0 Å². The topological polar surface area (TPSA) is 9.23 Å². The lowest BCUT2D eigenvalue weighted by molar-refractivity contribution is 0.0511. The summed E-state index contributed by atoms with van der Waals surface area (Å²) in [6.07, 6.45) is 0.623. The van der Waals surface area contributed by atoms with E-state index in [0.29, 0.717) is 22.8 Å². The molecule has 112 valence electrons. The molecule has 1 aliphatic heterocycles. The van der Waals surface area contributed by atoms with Gasteiger partial charge >= 0.3 is 0 Å². The van der Waals surface area contributed by atoms with Gasteiger partial charge in [0.15, 0.2) is 0 Å². The van der Waals surface area contributed by atoms with Gasteiger partial charge in [0.05, 0.1) is 12.2 Å². The predicted octanol–water partition coefficient (Wildman–Crippen LogP) is 5.64. The molecule has 0 aromatic heterocycles. The summed E-state index contributed by atoms with van der Waals surface area (Å²) < 4.78 is 6.05. The highest BCUT2D eigenvalue weighted by atomic mass is 79.9. The molecule has 2 aromatic rings. The van der Waals surface area contributed by atoms with E-state index in [1.54, 1.807) is 0 Å². The van der Waals surface area contributed by atoms with Crippen LogP contribution in [0.4, 0.5) is 0 Å². The summed E-state index contributed by atoms with van der Waals surface area (Å²) >= 11 is 4.01. The fourth-order valence-corrected chi connectivity index (χ4v) is 5.28. The first kappa shape index (κ1) is 15.1. The number of aryl methyl sites for hydroxylation is 1. The molecule has 0 aliphatic carbocycles. The Morgan fingerprint density at radius 1 is 1.00 bits per heavy atom. The van der Waals surface area contributed by atoms with Crippen molar-refractivity contribution in [3.63, 3.8) is 0 Å². The largest absolute Gasteiger partial charge is 0.375 e. The molecule has 21 heavy (non-hydrogen) atoms. The SMILES string of the molecule is Cc1ccc2ccccc2c1C(Br)C1C(C)OC(C)C1C. The Bertz CT molecular complexity index is 651. The first-order valence-electron chi connectivity index (χ1n) is 7.78. The number of hydrogen-bond acceptors (Lipinski definition) is 1. The maximum atomic E-state index is 6.05. The average Bonchev–Trinajstić information content (AvgIpc) is 2.71. The maximum Gasteiger partial charge on any atom is 0.0596 e. The molecule has 5 unspecified atom stereocenters. The van der Waals surface area contributed by atoms with Crippen molar-refractivity contribution in [2.75, 3.05) is 0 Å². The third-order valence-corrected chi connectivity index (χ3v) is 6.19. The third kappa shape index (κ3) is 2.53. The average molecular weight is 347 g/mol. The Hall–Kier alpha value is -0.860. The summed E-state index contributed by atoms with van der Waals surface area (Å²) in [4.78, 5) is 0.332. The number of ether oxygens (including phenoxy) is 1. The van der Waals surface area contributed by atoms with Crippen molar-refractivity contribution in [3.8, 4) is 0 Å². The first-order chi connectivity index (χ1) is 10.0. The molecule has 1 heterocycles. The molecular formula is C19H23BrO. The second kappa shape index (κ2) is 5.73. The molecule has 0 amide bonds. The van der Waals surface area contributed by atoms with Crippen LogP contribution in [0.2, 0.25) is 0 Å². The summed E-state index contributed by atoms with van der Waals surface area (Å²) in [6.45, 7) is 8.92. The number of rotatable bonds is 2. The maximum absolute atomic E-state index is 6.05. The van der Waals surface area contributed by atoms with Gasteiger partial charge in [0, 0.05) is 10.7 Å². The molecule has 0 N–H and O–H groups in total. The summed E-state index contributed by atoms with van der Waals surface area (Å²) in [5, 5.41) is 2.67. The minimum atomic E-state index is 0.290. The Morgan fingerprint density at radius 3 is 2.38 bits per heavy atom. The number of fused-ring (bicyclic) bond motifs is 1. The van der Waals surface area contributed by atoms with Crippen LogP contribution >= 0.6 is 15.9 Å². The van der Waals surface area contributed by atoms with Gasteiger partial charge in [-0.1, -0.05) is 59.3 Å². The van der Waals surface area contributed by atoms with Gasteiger partial charge in [0.25, 0.3) is 0 Å². The lowest BCUT2D eigenvalue weighted by Crippen LogP contribution is -2.22. The third-order valence-electron chi connectivity index (χ3n) is 5.12. The lowest BCUT2D eigenvalue weighted by Gasteiger charge is -2.27. The summed E-state index contributed by atoms with van der Waals surface area (Å²) in [7, 11) is 0. The second-order valence-corrected chi connectivity index (χ2v) is 7.39. The van der Waals surface area contributed by atoms with E-state index in [1.165, 1.54) is 21.9 Å². The molecule has 2 aromatic carbocycles. The molecule has 1 saturated heterocycles. The Kier molecular flexibility index (Phi) is 4.11. The van der Waals surface area contributed by atoms with E-state index in [9.17, 15) is 0 Å². The highest BCUT2D eigenvalue weighted by Crippen LogP contribution is 2.47. The van der Waals surface area contributed by atoms with E-state index >= 15 is 0 Å². The van der Waals surface area contributed by atoms with Crippen molar-refractivity contribution >= 4 is 26.7 Å². The quantitative estimate of drug-likeness (QED) is 0.639. The van der Waals surface area contributed by atoms with Crippen molar-refractivity contribution < 1.29 is 4.74 Å². The van der Waals surface area contributed by atoms with Gasteiger partial charge in [-0.05, 0) is 48.6 Å². The molecule has 0 bridgehead atoms. The fourth-order valence-electron chi connectivity index (χ4n) is 3.76. The normalized spacial score (nSPS) is 30.7. The van der Waals surface area contributed by atoms with E-state index in [0.717, 1.165) is 0 Å². The first-order valence-corrected chi connectivity index (χ1v) is 8.70. The zero-order valence-electron chi connectivity index (χ0n) is 13.1. The van der Waals surface area contributed by atoms with Gasteiger partial charge in [0.1, 0.15) is 0 Å². The summed E-state index contributed by atoms with van der Waals surface area (Å²) in [5.41, 5.74) is 2.78. The molecule has 0 saturated carbocycles. The van der Waals surface area contributed by atoms with Crippen LogP contribution in [0.25, 0.3) is 10.8 Å². The van der Waals surface area contributed by atoms with Crippen LogP contribution in [0.15, 0.2) is 36.4 Å². The van der Waals surface area contributed by atoms with Gasteiger partial charge < -0.3 is 4.74 Å². The standard InChI is InChI=1S/C19H23BrO/c1-11-9-10-15-7-5-6-8-16(15)17(11)19(20)18-12(2)13(3)21-14(18)4/h5-10,12-14,18-19H,1-4H3. The molecule has 3 rings (SSSR count). The van der Waals surface area contributed by atoms with Crippen LogP contribution in [0, 0.1) is 18.8 Å². The number of hydrogen-bond donors (Lipinski definition) is 0. The number of halogens is 1. The van der Waals surface area contributed by atoms with Crippen LogP contribution in [-0.4, -0.2) is 12.2 Å².